The Morgan fingerprint density at radius 3 is 2.31 bits per heavy atom. The van der Waals surface area contributed by atoms with E-state index in [1.807, 2.05) is 0 Å². The number of allylic oxidation sites excluding steroid dienone is 1. The standard InChI is InChI=1S/C3H3N3.C3H6O3S/c1-3-2-4-6-5-3;1-2-3-7(4,5)6/h2H,1H2;2H,1,3H2,(H,4,5,6). The Labute approximate surface area is 76.1 Å². The van der Waals surface area contributed by atoms with Gasteiger partial charge in [-0.3, -0.25) is 4.55 Å². The lowest BCUT2D eigenvalue weighted by molar-refractivity contribution is 0.487. The topological polar surface area (TPSA) is 91.5 Å². The van der Waals surface area contributed by atoms with Gasteiger partial charge in [-0.05, 0) is 5.22 Å². The van der Waals surface area contributed by atoms with Gasteiger partial charge in [0.1, 0.15) is 5.70 Å². The van der Waals surface area contributed by atoms with Gasteiger partial charge in [-0.15, -0.1) is 16.8 Å². The molecule has 0 aromatic heterocycles. The predicted octanol–water partition coefficient (Wildman–Crippen LogP) is 1.01. The van der Waals surface area contributed by atoms with E-state index in [4.69, 9.17) is 4.55 Å². The van der Waals surface area contributed by atoms with E-state index in [2.05, 4.69) is 28.6 Å². The van der Waals surface area contributed by atoms with Crippen LogP contribution in [0.25, 0.3) is 0 Å². The molecule has 0 fully saturated rings. The highest BCUT2D eigenvalue weighted by Gasteiger charge is 1.95. The van der Waals surface area contributed by atoms with Crippen LogP contribution in [0.5, 0.6) is 0 Å². The van der Waals surface area contributed by atoms with Crippen LogP contribution in [-0.4, -0.2) is 24.9 Å². The van der Waals surface area contributed by atoms with Crippen LogP contribution in [0.2, 0.25) is 0 Å². The number of nitrogens with zero attached hydrogens (tertiary/aromatic N) is 3. The van der Waals surface area contributed by atoms with E-state index >= 15 is 0 Å². The Hall–Kier alpha value is -1.34. The zero-order chi connectivity index (χ0) is 10.3. The summed E-state index contributed by atoms with van der Waals surface area (Å²) in [4.78, 5) is 0. The molecular weight excluding hydrogens is 194 g/mol. The zero-order valence-electron chi connectivity index (χ0n) is 6.79. The summed E-state index contributed by atoms with van der Waals surface area (Å²) in [7, 11) is -3.79. The Bertz CT molecular complexity index is 328. The minimum Gasteiger partial charge on any atom is -0.285 e. The Balaban J connectivity index is 0.000000223. The molecule has 0 aromatic carbocycles. The Kier molecular flexibility index (Phi) is 4.78. The number of hydrogen-bond donors (Lipinski definition) is 1. The normalized spacial score (nSPS) is 13.8. The molecule has 0 saturated heterocycles. The largest absolute Gasteiger partial charge is 0.285 e. The van der Waals surface area contributed by atoms with Crippen molar-refractivity contribution >= 4 is 16.3 Å². The van der Waals surface area contributed by atoms with Gasteiger partial charge in [-0.25, -0.2) is 0 Å². The first-order valence-electron chi connectivity index (χ1n) is 3.15. The highest BCUT2D eigenvalue weighted by molar-refractivity contribution is 7.85. The first-order valence-corrected chi connectivity index (χ1v) is 4.75. The molecule has 1 aliphatic rings. The summed E-state index contributed by atoms with van der Waals surface area (Å²) in [6.07, 6.45) is 2.62. The third kappa shape index (κ3) is 8.57. The Morgan fingerprint density at radius 1 is 1.62 bits per heavy atom. The second kappa shape index (κ2) is 5.33. The SMILES string of the molecule is C=C1C=NN=N1.C=CCS(=O)(=O)O. The molecule has 0 radical (unpaired) electrons. The van der Waals surface area contributed by atoms with Crippen LogP contribution >= 0.6 is 0 Å². The second-order valence-corrected chi connectivity index (χ2v) is 3.46. The van der Waals surface area contributed by atoms with Crippen molar-refractivity contribution in [3.05, 3.63) is 24.9 Å². The average Bonchev–Trinajstić information content (AvgIpc) is 2.38. The maximum atomic E-state index is 9.72. The summed E-state index contributed by atoms with van der Waals surface area (Å²) < 4.78 is 27.3. The summed E-state index contributed by atoms with van der Waals surface area (Å²) in [6, 6.07) is 0. The maximum Gasteiger partial charge on any atom is 0.268 e. The van der Waals surface area contributed by atoms with Gasteiger partial charge in [0.05, 0.1) is 12.0 Å². The van der Waals surface area contributed by atoms with Crippen LogP contribution in [0.4, 0.5) is 0 Å². The molecule has 0 aromatic rings. The van der Waals surface area contributed by atoms with Crippen molar-refractivity contribution in [1.29, 1.82) is 0 Å². The lowest BCUT2D eigenvalue weighted by Crippen LogP contribution is -1.99. The number of rotatable bonds is 2. The summed E-state index contributed by atoms with van der Waals surface area (Å²) in [5.74, 6) is -0.368. The van der Waals surface area contributed by atoms with Crippen LogP contribution in [0.1, 0.15) is 0 Å². The summed E-state index contributed by atoms with van der Waals surface area (Å²) >= 11 is 0. The van der Waals surface area contributed by atoms with Crippen LogP contribution < -0.4 is 0 Å². The monoisotopic (exact) mass is 203 g/mol. The van der Waals surface area contributed by atoms with Gasteiger partial charge in [0.2, 0.25) is 0 Å². The second-order valence-electron chi connectivity index (χ2n) is 1.96. The van der Waals surface area contributed by atoms with Gasteiger partial charge in [0.25, 0.3) is 10.1 Å². The molecule has 0 amide bonds. The van der Waals surface area contributed by atoms with Crippen LogP contribution in [-0.2, 0) is 10.1 Å². The van der Waals surface area contributed by atoms with Gasteiger partial charge in [0.15, 0.2) is 0 Å². The molecular formula is C6H9N3O3S. The molecule has 7 heteroatoms. The van der Waals surface area contributed by atoms with Crippen LogP contribution in [0.3, 0.4) is 0 Å². The fraction of sp³-hybridized carbons (Fsp3) is 0.167. The fourth-order valence-electron chi connectivity index (χ4n) is 0.350. The first kappa shape index (κ1) is 11.7. The van der Waals surface area contributed by atoms with Gasteiger partial charge in [-0.2, -0.15) is 8.42 Å². The number of hydrogen-bond acceptors (Lipinski definition) is 5. The van der Waals surface area contributed by atoms with E-state index in [-0.39, 0.29) is 5.75 Å². The third-order valence-corrected chi connectivity index (χ3v) is 1.42. The predicted molar refractivity (Wildman–Crippen MR) is 49.1 cm³/mol. The van der Waals surface area contributed by atoms with Crippen molar-refractivity contribution in [3.8, 4) is 0 Å². The highest BCUT2D eigenvalue weighted by Crippen LogP contribution is 1.95. The van der Waals surface area contributed by atoms with E-state index < -0.39 is 10.1 Å². The lowest BCUT2D eigenvalue weighted by Gasteiger charge is -1.82. The van der Waals surface area contributed by atoms with Crippen molar-refractivity contribution in [2.45, 2.75) is 0 Å². The molecule has 1 N–H and O–H groups in total. The van der Waals surface area contributed by atoms with Gasteiger partial charge < -0.3 is 0 Å². The molecule has 0 unspecified atom stereocenters. The summed E-state index contributed by atoms with van der Waals surface area (Å²) in [5, 5.41) is 10.1. The van der Waals surface area contributed by atoms with E-state index in [0.717, 1.165) is 6.08 Å². The van der Waals surface area contributed by atoms with Gasteiger partial charge in [0, 0.05) is 0 Å². The molecule has 1 aliphatic heterocycles. The molecule has 0 saturated carbocycles. The molecule has 0 atom stereocenters. The minimum absolute atomic E-state index is 0.368. The molecule has 0 spiro atoms. The van der Waals surface area contributed by atoms with Crippen molar-refractivity contribution in [3.63, 3.8) is 0 Å². The molecule has 0 bridgehead atoms. The fourth-order valence-corrected chi connectivity index (χ4v) is 0.648. The Morgan fingerprint density at radius 2 is 2.23 bits per heavy atom. The van der Waals surface area contributed by atoms with Crippen LogP contribution in [0.15, 0.2) is 40.4 Å². The van der Waals surface area contributed by atoms with E-state index in [1.54, 1.807) is 0 Å². The zero-order valence-corrected chi connectivity index (χ0v) is 7.61. The van der Waals surface area contributed by atoms with Crippen molar-refractivity contribution < 1.29 is 13.0 Å². The maximum absolute atomic E-state index is 9.72. The van der Waals surface area contributed by atoms with E-state index in [1.165, 1.54) is 6.21 Å². The van der Waals surface area contributed by atoms with Gasteiger partial charge >= 0.3 is 0 Å². The first-order chi connectivity index (χ1) is 5.95. The van der Waals surface area contributed by atoms with E-state index in [0.29, 0.717) is 5.70 Å². The smallest absolute Gasteiger partial charge is 0.268 e. The van der Waals surface area contributed by atoms with Crippen LogP contribution in [0, 0.1) is 0 Å². The van der Waals surface area contributed by atoms with Crippen molar-refractivity contribution in [2.75, 3.05) is 5.75 Å². The lowest BCUT2D eigenvalue weighted by atomic mass is 10.6. The highest BCUT2D eigenvalue weighted by atomic mass is 32.2. The summed E-state index contributed by atoms with van der Waals surface area (Å²) in [5.41, 5.74) is 0.620. The van der Waals surface area contributed by atoms with Crippen molar-refractivity contribution in [2.24, 2.45) is 15.4 Å². The molecule has 0 aliphatic carbocycles. The molecule has 1 heterocycles. The quantitative estimate of drug-likeness (QED) is 0.536. The van der Waals surface area contributed by atoms with E-state index in [9.17, 15) is 8.42 Å². The minimum atomic E-state index is -3.79. The average molecular weight is 203 g/mol. The third-order valence-electron chi connectivity index (χ3n) is 0.760. The molecule has 72 valence electrons. The molecule has 6 nitrogen and oxygen atoms in total. The molecule has 13 heavy (non-hydrogen) atoms. The van der Waals surface area contributed by atoms with Crippen molar-refractivity contribution in [1.82, 2.24) is 0 Å². The van der Waals surface area contributed by atoms with Gasteiger partial charge in [-0.1, -0.05) is 12.7 Å². The summed E-state index contributed by atoms with van der Waals surface area (Å²) in [6.45, 7) is 6.55. The molecule has 1 rings (SSSR count).